The summed E-state index contributed by atoms with van der Waals surface area (Å²) < 4.78 is 0. The molecule has 4 heterocycles. The largest absolute Gasteiger partial charge is 0.277 e. The third-order valence-corrected chi connectivity index (χ3v) is 2.84. The Morgan fingerprint density at radius 3 is 3.06 bits per heavy atom. The average molecular weight is 235 g/mol. The third-order valence-electron chi connectivity index (χ3n) is 2.84. The highest BCUT2D eigenvalue weighted by molar-refractivity contribution is 5.92. The summed E-state index contributed by atoms with van der Waals surface area (Å²) in [4.78, 5) is 8.58. The molecule has 4 rings (SSSR count). The van der Waals surface area contributed by atoms with Crippen LogP contribution in [0.25, 0.3) is 33.3 Å². The fourth-order valence-corrected chi connectivity index (χ4v) is 1.96. The first-order valence-electron chi connectivity index (χ1n) is 5.43. The van der Waals surface area contributed by atoms with Gasteiger partial charge in [-0.15, -0.1) is 0 Å². The van der Waals surface area contributed by atoms with Crippen molar-refractivity contribution in [3.8, 4) is 11.4 Å². The van der Waals surface area contributed by atoms with E-state index in [0.29, 0.717) is 5.52 Å². The number of rotatable bonds is 1. The van der Waals surface area contributed by atoms with E-state index < -0.39 is 0 Å². The number of aromatic amines is 2. The second-order valence-electron chi connectivity index (χ2n) is 3.92. The van der Waals surface area contributed by atoms with Crippen LogP contribution in [0.15, 0.2) is 30.6 Å². The monoisotopic (exact) mass is 235 g/mol. The summed E-state index contributed by atoms with van der Waals surface area (Å²) in [5.41, 5.74) is 4.07. The molecule has 0 spiro atoms. The Hall–Kier alpha value is -2.76. The number of hydrogen-bond acceptors (Lipinski definition) is 4. The molecule has 0 atom stereocenters. The van der Waals surface area contributed by atoms with Crippen molar-refractivity contribution in [3.05, 3.63) is 36.8 Å². The molecule has 0 amide bonds. The molecule has 6 heteroatoms. The standard InChI is InChI=1S/C12H7N6/c1-2-10(15-11-6-14-16-9(1)11)12-7-5-13-4-3-8(7)17-18-12/h1-5H,(H,14,16)(H,17,18). The Morgan fingerprint density at radius 2 is 2.06 bits per heavy atom. The summed E-state index contributed by atoms with van der Waals surface area (Å²) in [5, 5.41) is 14.9. The van der Waals surface area contributed by atoms with Crippen LogP contribution in [0, 0.1) is 6.20 Å². The minimum Gasteiger partial charge on any atom is -0.277 e. The first-order chi connectivity index (χ1) is 8.92. The highest BCUT2D eigenvalue weighted by Crippen LogP contribution is 2.24. The van der Waals surface area contributed by atoms with Crippen LogP contribution in [0.2, 0.25) is 0 Å². The maximum Gasteiger partial charge on any atom is 0.141 e. The lowest BCUT2D eigenvalue weighted by Crippen LogP contribution is -1.85. The fraction of sp³-hybridized carbons (Fsp3) is 0. The van der Waals surface area contributed by atoms with E-state index in [1.165, 1.54) is 0 Å². The molecule has 1 radical (unpaired) electrons. The van der Waals surface area contributed by atoms with E-state index in [9.17, 15) is 0 Å². The number of nitrogens with zero attached hydrogens (tertiary/aromatic N) is 4. The maximum absolute atomic E-state index is 4.47. The third kappa shape index (κ3) is 1.22. The molecule has 4 aromatic rings. The van der Waals surface area contributed by atoms with Crippen molar-refractivity contribution < 1.29 is 0 Å². The number of nitrogens with one attached hydrogen (secondary N) is 2. The summed E-state index contributed by atoms with van der Waals surface area (Å²) in [6.45, 7) is 0. The Balaban J connectivity index is 2.00. The zero-order valence-corrected chi connectivity index (χ0v) is 9.18. The lowest BCUT2D eigenvalue weighted by Gasteiger charge is -1.96. The van der Waals surface area contributed by atoms with Crippen LogP contribution < -0.4 is 0 Å². The molecule has 2 N–H and O–H groups in total. The van der Waals surface area contributed by atoms with Crippen LogP contribution in [0.4, 0.5) is 0 Å². The molecule has 18 heavy (non-hydrogen) atoms. The molecule has 0 unspecified atom stereocenters. The van der Waals surface area contributed by atoms with E-state index in [-0.39, 0.29) is 0 Å². The van der Waals surface area contributed by atoms with Crippen molar-refractivity contribution in [1.29, 1.82) is 0 Å². The van der Waals surface area contributed by atoms with Gasteiger partial charge in [-0.3, -0.25) is 15.2 Å². The zero-order valence-electron chi connectivity index (χ0n) is 9.18. The Morgan fingerprint density at radius 1 is 1.06 bits per heavy atom. The van der Waals surface area contributed by atoms with Gasteiger partial charge in [0.25, 0.3) is 0 Å². The van der Waals surface area contributed by atoms with Crippen LogP contribution in [0.3, 0.4) is 0 Å². The minimum absolute atomic E-state index is 0.701. The van der Waals surface area contributed by atoms with Gasteiger partial charge in [-0.25, -0.2) is 4.98 Å². The summed E-state index contributed by atoms with van der Waals surface area (Å²) in [5.74, 6) is 0. The second kappa shape index (κ2) is 3.36. The van der Waals surface area contributed by atoms with Crippen LogP contribution in [0.5, 0.6) is 0 Å². The maximum atomic E-state index is 4.47. The van der Waals surface area contributed by atoms with Crippen LogP contribution in [-0.2, 0) is 0 Å². The zero-order chi connectivity index (χ0) is 11.9. The lowest BCUT2D eigenvalue weighted by atomic mass is 10.2. The summed E-state index contributed by atoms with van der Waals surface area (Å²) >= 11 is 0. The molecule has 6 nitrogen and oxygen atoms in total. The van der Waals surface area contributed by atoms with Crippen molar-refractivity contribution >= 4 is 21.9 Å². The van der Waals surface area contributed by atoms with Gasteiger partial charge < -0.3 is 0 Å². The van der Waals surface area contributed by atoms with E-state index in [1.807, 2.05) is 18.2 Å². The van der Waals surface area contributed by atoms with Crippen LogP contribution in [0.1, 0.15) is 0 Å². The van der Waals surface area contributed by atoms with E-state index in [1.54, 1.807) is 12.4 Å². The van der Waals surface area contributed by atoms with Gasteiger partial charge in [-0.1, -0.05) is 0 Å². The molecule has 0 fully saturated rings. The topological polar surface area (TPSA) is 83.1 Å². The normalized spacial score (nSPS) is 11.3. The highest BCUT2D eigenvalue weighted by Gasteiger charge is 2.10. The van der Waals surface area contributed by atoms with Gasteiger partial charge in [-0.2, -0.15) is 10.2 Å². The van der Waals surface area contributed by atoms with Gasteiger partial charge in [0.2, 0.25) is 0 Å². The second-order valence-corrected chi connectivity index (χ2v) is 3.92. The number of pyridine rings is 2. The van der Waals surface area contributed by atoms with Crippen molar-refractivity contribution in [2.75, 3.05) is 0 Å². The number of hydrogen-bond donors (Lipinski definition) is 2. The first-order valence-corrected chi connectivity index (χ1v) is 5.43. The quantitative estimate of drug-likeness (QED) is 0.526. The van der Waals surface area contributed by atoms with Gasteiger partial charge >= 0.3 is 0 Å². The Labute approximate surface area is 101 Å². The molecule has 4 aromatic heterocycles. The molecule has 0 bridgehead atoms. The molecule has 85 valence electrons. The molecule has 0 saturated carbocycles. The predicted octanol–water partition coefficient (Wildman–Crippen LogP) is 1.70. The van der Waals surface area contributed by atoms with Crippen molar-refractivity contribution in [2.45, 2.75) is 0 Å². The number of aromatic nitrogens is 6. The van der Waals surface area contributed by atoms with Crippen molar-refractivity contribution in [2.24, 2.45) is 0 Å². The number of H-pyrrole nitrogens is 2. The highest BCUT2D eigenvalue weighted by atomic mass is 15.1. The van der Waals surface area contributed by atoms with Crippen molar-refractivity contribution in [1.82, 2.24) is 30.4 Å². The van der Waals surface area contributed by atoms with Gasteiger partial charge in [0.1, 0.15) is 17.4 Å². The van der Waals surface area contributed by atoms with Crippen LogP contribution >= 0.6 is 0 Å². The molecular weight excluding hydrogens is 228 g/mol. The first kappa shape index (κ1) is 9.29. The van der Waals surface area contributed by atoms with E-state index in [0.717, 1.165) is 27.8 Å². The van der Waals surface area contributed by atoms with Gasteiger partial charge in [0, 0.05) is 17.8 Å². The molecule has 0 aliphatic heterocycles. The van der Waals surface area contributed by atoms with E-state index in [4.69, 9.17) is 0 Å². The van der Waals surface area contributed by atoms with Gasteiger partial charge in [-0.05, 0) is 18.2 Å². The Bertz CT molecular complexity index is 844. The summed E-state index contributed by atoms with van der Waals surface area (Å²) in [7, 11) is 0. The van der Waals surface area contributed by atoms with Crippen molar-refractivity contribution in [3.63, 3.8) is 0 Å². The minimum atomic E-state index is 0.701. The van der Waals surface area contributed by atoms with E-state index >= 15 is 0 Å². The molecule has 0 aliphatic rings. The van der Waals surface area contributed by atoms with Gasteiger partial charge in [0.15, 0.2) is 0 Å². The summed E-state index contributed by atoms with van der Waals surface area (Å²) in [6.07, 6.45) is 6.30. The van der Waals surface area contributed by atoms with E-state index in [2.05, 4.69) is 36.6 Å². The smallest absolute Gasteiger partial charge is 0.141 e. The predicted molar refractivity (Wildman–Crippen MR) is 65.6 cm³/mol. The summed E-state index contributed by atoms with van der Waals surface area (Å²) in [6, 6.07) is 5.70. The van der Waals surface area contributed by atoms with Crippen LogP contribution in [-0.4, -0.2) is 30.4 Å². The lowest BCUT2D eigenvalue weighted by molar-refractivity contribution is 1.11. The molecule has 0 saturated heterocycles. The SMILES string of the molecule is [c]1n[nH]c2ccc(-c3n[nH]c4ccncc34)nc12. The Kier molecular flexibility index (Phi) is 1.74. The fourth-order valence-electron chi connectivity index (χ4n) is 1.96. The molecule has 0 aromatic carbocycles. The molecular formula is C12H7N6. The van der Waals surface area contributed by atoms with Gasteiger partial charge in [0.05, 0.1) is 16.7 Å². The number of fused-ring (bicyclic) bond motifs is 2. The average Bonchev–Trinajstić information content (AvgIpc) is 3.04. The molecule has 0 aliphatic carbocycles.